The Labute approximate surface area is 101 Å². The molecule has 0 radical (unpaired) electrons. The van der Waals surface area contributed by atoms with Crippen molar-refractivity contribution in [1.82, 2.24) is 4.90 Å². The molecule has 1 rings (SSSR count). The highest BCUT2D eigenvalue weighted by atomic mass is 19.4. The molecule has 0 spiro atoms. The molecule has 5 nitrogen and oxygen atoms in total. The molecule has 1 aliphatic heterocycles. The van der Waals surface area contributed by atoms with Crippen molar-refractivity contribution in [3.63, 3.8) is 0 Å². The number of halogens is 3. The van der Waals surface area contributed by atoms with Crippen molar-refractivity contribution in [1.29, 1.82) is 0 Å². The average molecular weight is 267 g/mol. The first-order valence-electron chi connectivity index (χ1n) is 5.19. The molecule has 18 heavy (non-hydrogen) atoms. The molecule has 1 aliphatic rings. The van der Waals surface area contributed by atoms with E-state index in [1.807, 2.05) is 0 Å². The van der Waals surface area contributed by atoms with Crippen molar-refractivity contribution in [2.75, 3.05) is 13.2 Å². The minimum atomic E-state index is -5.02. The highest BCUT2D eigenvalue weighted by Gasteiger charge is 2.39. The zero-order valence-corrected chi connectivity index (χ0v) is 9.53. The van der Waals surface area contributed by atoms with E-state index in [1.54, 1.807) is 0 Å². The fourth-order valence-electron chi connectivity index (χ4n) is 1.44. The van der Waals surface area contributed by atoms with Crippen LogP contribution >= 0.6 is 0 Å². The molecule has 0 aromatic carbocycles. The Hall–Kier alpha value is -1.57. The molecule has 1 saturated heterocycles. The lowest BCUT2D eigenvalue weighted by atomic mass is 10.3. The topological polar surface area (TPSA) is 66.8 Å². The molecule has 8 heteroatoms. The van der Waals surface area contributed by atoms with E-state index in [1.165, 1.54) is 6.92 Å². The maximum absolute atomic E-state index is 12.1. The van der Waals surface area contributed by atoms with Crippen molar-refractivity contribution in [2.24, 2.45) is 0 Å². The summed E-state index contributed by atoms with van der Waals surface area (Å²) >= 11 is 0. The third-order valence-electron chi connectivity index (χ3n) is 2.20. The van der Waals surface area contributed by atoms with E-state index < -0.39 is 29.9 Å². The van der Waals surface area contributed by atoms with Gasteiger partial charge in [0.05, 0.1) is 31.8 Å². The average Bonchev–Trinajstić information content (AvgIpc) is 2.55. The summed E-state index contributed by atoms with van der Waals surface area (Å²) in [5.41, 5.74) is 0. The van der Waals surface area contributed by atoms with Crippen LogP contribution in [0.5, 0.6) is 0 Å². The molecular weight excluding hydrogens is 255 g/mol. The van der Waals surface area contributed by atoms with Gasteiger partial charge in [-0.15, -0.1) is 0 Å². The Morgan fingerprint density at radius 2 is 2.22 bits per heavy atom. The number of likely N-dealkylation sites (tertiary alicyclic amines) is 1. The summed E-state index contributed by atoms with van der Waals surface area (Å²) < 4.78 is 41.2. The van der Waals surface area contributed by atoms with Crippen molar-refractivity contribution in [3.05, 3.63) is 12.0 Å². The van der Waals surface area contributed by atoms with E-state index >= 15 is 0 Å². The lowest BCUT2D eigenvalue weighted by Gasteiger charge is -2.19. The Morgan fingerprint density at radius 1 is 1.61 bits per heavy atom. The summed E-state index contributed by atoms with van der Waals surface area (Å²) in [6.45, 7) is 1.32. The minimum Gasteiger partial charge on any atom is -0.479 e. The molecule has 1 heterocycles. The number of carbonyl (C=O) groups is 2. The van der Waals surface area contributed by atoms with Crippen molar-refractivity contribution in [3.8, 4) is 0 Å². The number of hydrogen-bond donors (Lipinski definition) is 1. The second kappa shape index (κ2) is 5.38. The zero-order chi connectivity index (χ0) is 13.9. The number of aliphatic hydroxyl groups excluding tert-OH is 1. The van der Waals surface area contributed by atoms with E-state index in [-0.39, 0.29) is 25.6 Å². The molecule has 0 aromatic rings. The number of β-amino-alcohol motifs (C(OH)–C–C–N with tert-alkyl or cyclic N) is 1. The molecule has 1 N–H and O–H groups in total. The van der Waals surface area contributed by atoms with Crippen LogP contribution in [0.25, 0.3) is 0 Å². The van der Waals surface area contributed by atoms with Crippen molar-refractivity contribution >= 4 is 11.7 Å². The van der Waals surface area contributed by atoms with Gasteiger partial charge in [0, 0.05) is 0 Å². The van der Waals surface area contributed by atoms with Crippen LogP contribution in [0.15, 0.2) is 12.0 Å². The van der Waals surface area contributed by atoms with Gasteiger partial charge in [-0.2, -0.15) is 13.2 Å². The number of ether oxygens (including phenoxy) is 1. The van der Waals surface area contributed by atoms with Gasteiger partial charge in [-0.1, -0.05) is 0 Å². The van der Waals surface area contributed by atoms with Gasteiger partial charge in [-0.25, -0.2) is 0 Å². The summed E-state index contributed by atoms with van der Waals surface area (Å²) in [6, 6.07) is 0. The van der Waals surface area contributed by atoms with E-state index in [0.717, 1.165) is 4.90 Å². The lowest BCUT2D eigenvalue weighted by molar-refractivity contribution is -0.165. The predicted molar refractivity (Wildman–Crippen MR) is 53.1 cm³/mol. The molecule has 0 aromatic heterocycles. The van der Waals surface area contributed by atoms with Crippen LogP contribution in [-0.4, -0.2) is 47.1 Å². The molecule has 0 aliphatic carbocycles. The van der Waals surface area contributed by atoms with Gasteiger partial charge in [0.1, 0.15) is 0 Å². The fourth-order valence-corrected chi connectivity index (χ4v) is 1.44. The van der Waals surface area contributed by atoms with Crippen LogP contribution in [0.4, 0.5) is 13.2 Å². The van der Waals surface area contributed by atoms with Crippen molar-refractivity contribution in [2.45, 2.75) is 25.6 Å². The Balaban J connectivity index is 2.92. The Bertz CT molecular complexity index is 378. The first kappa shape index (κ1) is 14.5. The van der Waals surface area contributed by atoms with Gasteiger partial charge < -0.3 is 9.84 Å². The minimum absolute atomic E-state index is 0.00313. The second-order valence-electron chi connectivity index (χ2n) is 3.64. The maximum atomic E-state index is 12.1. The molecular formula is C10H12F3NO4. The number of aliphatic hydroxyl groups is 1. The third kappa shape index (κ3) is 3.46. The van der Waals surface area contributed by atoms with Gasteiger partial charge in [0.15, 0.2) is 5.88 Å². The smallest absolute Gasteiger partial charge is 0.454 e. The highest BCUT2D eigenvalue weighted by Crippen LogP contribution is 2.22. The predicted octanol–water partition coefficient (Wildman–Crippen LogP) is 0.589. The van der Waals surface area contributed by atoms with E-state index in [0.29, 0.717) is 0 Å². The quantitative estimate of drug-likeness (QED) is 0.598. The lowest BCUT2D eigenvalue weighted by Crippen LogP contribution is -2.29. The molecule has 1 unspecified atom stereocenters. The number of nitrogens with zero attached hydrogens (tertiary/aromatic N) is 1. The standard InChI is InChI=1S/C10H12F3NO4/c1-2-18-9(4-7(16)10(11,12)13)14-5-6(15)3-8(14)17/h4,6,15H,2-3,5H2,1H3. The van der Waals surface area contributed by atoms with E-state index in [4.69, 9.17) is 4.74 Å². The van der Waals surface area contributed by atoms with Gasteiger partial charge in [0.2, 0.25) is 5.91 Å². The van der Waals surface area contributed by atoms with Crippen LogP contribution in [0.3, 0.4) is 0 Å². The van der Waals surface area contributed by atoms with Gasteiger partial charge in [-0.3, -0.25) is 14.5 Å². The first-order valence-corrected chi connectivity index (χ1v) is 5.19. The maximum Gasteiger partial charge on any atom is 0.454 e. The molecule has 1 fully saturated rings. The van der Waals surface area contributed by atoms with Crippen LogP contribution in [-0.2, 0) is 14.3 Å². The van der Waals surface area contributed by atoms with Gasteiger partial charge in [-0.05, 0) is 6.92 Å². The van der Waals surface area contributed by atoms with Crippen LogP contribution < -0.4 is 0 Å². The first-order chi connectivity index (χ1) is 8.25. The van der Waals surface area contributed by atoms with Crippen LogP contribution in [0, 0.1) is 0 Å². The summed E-state index contributed by atoms with van der Waals surface area (Å²) in [5, 5.41) is 9.23. The Morgan fingerprint density at radius 3 is 2.61 bits per heavy atom. The monoisotopic (exact) mass is 267 g/mol. The summed E-state index contributed by atoms with van der Waals surface area (Å²) in [7, 11) is 0. The third-order valence-corrected chi connectivity index (χ3v) is 2.20. The number of amides is 1. The molecule has 0 saturated carbocycles. The SMILES string of the molecule is CCOC(=CC(=O)C(F)(F)F)N1CC(O)CC1=O. The van der Waals surface area contributed by atoms with Gasteiger partial charge in [0.25, 0.3) is 5.78 Å². The molecule has 0 bridgehead atoms. The van der Waals surface area contributed by atoms with E-state index in [9.17, 15) is 27.9 Å². The van der Waals surface area contributed by atoms with Crippen LogP contribution in [0.1, 0.15) is 13.3 Å². The largest absolute Gasteiger partial charge is 0.479 e. The van der Waals surface area contributed by atoms with Gasteiger partial charge >= 0.3 is 6.18 Å². The number of carbonyl (C=O) groups excluding carboxylic acids is 2. The highest BCUT2D eigenvalue weighted by molar-refractivity contribution is 5.95. The second-order valence-corrected chi connectivity index (χ2v) is 3.64. The summed E-state index contributed by atoms with van der Waals surface area (Å²) in [4.78, 5) is 23.0. The van der Waals surface area contributed by atoms with Crippen molar-refractivity contribution < 1.29 is 32.6 Å². The molecule has 1 atom stereocenters. The zero-order valence-electron chi connectivity index (χ0n) is 9.53. The number of ketones is 1. The molecule has 1 amide bonds. The fraction of sp³-hybridized carbons (Fsp3) is 0.600. The number of allylic oxidation sites excluding steroid dienone is 1. The number of hydrogen-bond acceptors (Lipinski definition) is 4. The van der Waals surface area contributed by atoms with Crippen LogP contribution in [0.2, 0.25) is 0 Å². The molecule has 102 valence electrons. The van der Waals surface area contributed by atoms with E-state index in [2.05, 4.69) is 0 Å². The number of rotatable bonds is 4. The Kier molecular flexibility index (Phi) is 4.33. The summed E-state index contributed by atoms with van der Waals surface area (Å²) in [5.74, 6) is -3.18. The summed E-state index contributed by atoms with van der Waals surface area (Å²) in [6.07, 6.45) is -5.98. The number of alkyl halides is 3. The normalized spacial score (nSPS) is 21.4.